The second kappa shape index (κ2) is 5.96. The van der Waals surface area contributed by atoms with Crippen LogP contribution in [0.15, 0.2) is 0 Å². The molecule has 2 aliphatic heterocycles. The molecule has 3 fully saturated rings. The average Bonchev–Trinajstić information content (AvgIpc) is 2.83. The molecule has 0 radical (unpaired) electrons. The Morgan fingerprint density at radius 1 is 0.895 bits per heavy atom. The Balaban J connectivity index is 1.48. The van der Waals surface area contributed by atoms with Gasteiger partial charge in [-0.25, -0.2) is 0 Å². The predicted octanol–water partition coefficient (Wildman–Crippen LogP) is 2.41. The summed E-state index contributed by atoms with van der Waals surface area (Å²) in [5.74, 6) is 0. The van der Waals surface area contributed by atoms with Crippen LogP contribution < -0.4 is 10.6 Å². The lowest BCUT2D eigenvalue weighted by molar-refractivity contribution is 0.0528. The number of piperidine rings is 2. The summed E-state index contributed by atoms with van der Waals surface area (Å²) in [6.07, 6.45) is 12.0. The van der Waals surface area contributed by atoms with Crippen molar-refractivity contribution in [1.29, 1.82) is 0 Å². The average molecular weight is 281 g/mol. The molecule has 2 atom stereocenters. The molecule has 0 amide bonds. The van der Waals surface area contributed by atoms with E-state index in [1.807, 2.05) is 0 Å². The highest BCUT2D eigenvalue weighted by Crippen LogP contribution is 2.32. The Bertz CT molecular complexity index is 313. The van der Waals surface area contributed by atoms with Crippen LogP contribution in [-0.2, 0) is 0 Å². The van der Waals surface area contributed by atoms with Crippen molar-refractivity contribution in [2.75, 3.05) is 7.05 Å². The Morgan fingerprint density at radius 2 is 1.47 bits per heavy atom. The van der Waals surface area contributed by atoms with Crippen LogP contribution in [0, 0.1) is 0 Å². The van der Waals surface area contributed by atoms with Gasteiger partial charge < -0.3 is 15.5 Å². The highest BCUT2D eigenvalue weighted by molar-refractivity contribution is 7.80. The minimum Gasteiger partial charge on any atom is -0.360 e. The highest BCUT2D eigenvalue weighted by atomic mass is 32.1. The first-order chi connectivity index (χ1) is 9.22. The van der Waals surface area contributed by atoms with Crippen LogP contribution >= 0.6 is 12.2 Å². The summed E-state index contributed by atoms with van der Waals surface area (Å²) in [7, 11) is 2.31. The van der Waals surface area contributed by atoms with E-state index in [9.17, 15) is 0 Å². The molecule has 1 aliphatic carbocycles. The zero-order chi connectivity index (χ0) is 13.2. The summed E-state index contributed by atoms with van der Waals surface area (Å²) < 4.78 is 0. The van der Waals surface area contributed by atoms with Crippen molar-refractivity contribution in [3.8, 4) is 0 Å². The predicted molar refractivity (Wildman–Crippen MR) is 83.3 cm³/mol. The normalized spacial score (nSPS) is 36.2. The smallest absolute Gasteiger partial charge is 0.166 e. The first kappa shape index (κ1) is 13.6. The SMILES string of the molecule is CN1C2CCCC1CC(NC(=S)NC1CCCC1)C2. The monoisotopic (exact) mass is 281 g/mol. The van der Waals surface area contributed by atoms with E-state index in [-0.39, 0.29) is 0 Å². The Labute approximate surface area is 122 Å². The fourth-order valence-corrected chi connectivity index (χ4v) is 4.55. The van der Waals surface area contributed by atoms with Gasteiger partial charge >= 0.3 is 0 Å². The number of hydrogen-bond acceptors (Lipinski definition) is 2. The minimum absolute atomic E-state index is 0.591. The zero-order valence-corrected chi connectivity index (χ0v) is 12.8. The fraction of sp³-hybridized carbons (Fsp3) is 0.933. The summed E-state index contributed by atoms with van der Waals surface area (Å²) >= 11 is 5.50. The molecular formula is C15H27N3S. The van der Waals surface area contributed by atoms with Gasteiger partial charge in [0.2, 0.25) is 0 Å². The first-order valence-corrected chi connectivity index (χ1v) is 8.42. The molecule has 2 bridgehead atoms. The molecule has 0 aromatic carbocycles. The van der Waals surface area contributed by atoms with Gasteiger partial charge in [-0.2, -0.15) is 0 Å². The molecule has 3 nitrogen and oxygen atoms in total. The van der Waals surface area contributed by atoms with Crippen molar-refractivity contribution in [3.63, 3.8) is 0 Å². The summed E-state index contributed by atoms with van der Waals surface area (Å²) in [5, 5.41) is 8.00. The molecule has 2 heterocycles. The molecule has 108 valence electrons. The molecule has 0 spiro atoms. The van der Waals surface area contributed by atoms with Gasteiger partial charge in [0.1, 0.15) is 0 Å². The maximum absolute atomic E-state index is 5.50. The third kappa shape index (κ3) is 3.22. The van der Waals surface area contributed by atoms with Crippen LogP contribution in [-0.4, -0.2) is 41.2 Å². The van der Waals surface area contributed by atoms with E-state index in [1.54, 1.807) is 0 Å². The number of hydrogen-bond donors (Lipinski definition) is 2. The van der Waals surface area contributed by atoms with E-state index in [1.165, 1.54) is 57.8 Å². The standard InChI is InChI=1S/C15H27N3S/c1-18-13-7-4-8-14(18)10-12(9-13)17-15(19)16-11-5-2-3-6-11/h11-14H,2-10H2,1H3,(H2,16,17,19). The van der Waals surface area contributed by atoms with Gasteiger partial charge in [-0.3, -0.25) is 0 Å². The van der Waals surface area contributed by atoms with Crippen molar-refractivity contribution in [3.05, 3.63) is 0 Å². The van der Waals surface area contributed by atoms with Gasteiger partial charge in [-0.15, -0.1) is 0 Å². The summed E-state index contributed by atoms with van der Waals surface area (Å²) in [6.45, 7) is 0. The molecule has 4 heteroatoms. The summed E-state index contributed by atoms with van der Waals surface area (Å²) in [4.78, 5) is 2.61. The van der Waals surface area contributed by atoms with Crippen molar-refractivity contribution in [1.82, 2.24) is 15.5 Å². The number of nitrogens with one attached hydrogen (secondary N) is 2. The lowest BCUT2D eigenvalue weighted by Crippen LogP contribution is -2.56. The maximum Gasteiger partial charge on any atom is 0.166 e. The van der Waals surface area contributed by atoms with E-state index in [0.717, 1.165) is 17.2 Å². The molecule has 2 saturated heterocycles. The van der Waals surface area contributed by atoms with Crippen LogP contribution in [0.25, 0.3) is 0 Å². The molecular weight excluding hydrogens is 254 g/mol. The zero-order valence-electron chi connectivity index (χ0n) is 12.0. The second-order valence-electron chi connectivity index (χ2n) is 6.67. The van der Waals surface area contributed by atoms with Gasteiger partial charge in [0.15, 0.2) is 5.11 Å². The Morgan fingerprint density at radius 3 is 2.11 bits per heavy atom. The molecule has 0 aromatic rings. The van der Waals surface area contributed by atoms with Crippen LogP contribution in [0.5, 0.6) is 0 Å². The Hall–Kier alpha value is -0.350. The molecule has 2 N–H and O–H groups in total. The lowest BCUT2D eigenvalue weighted by Gasteiger charge is -2.47. The largest absolute Gasteiger partial charge is 0.360 e. The quantitative estimate of drug-likeness (QED) is 0.760. The van der Waals surface area contributed by atoms with Gasteiger partial charge in [0.25, 0.3) is 0 Å². The Kier molecular flexibility index (Phi) is 4.27. The van der Waals surface area contributed by atoms with Crippen molar-refractivity contribution in [2.24, 2.45) is 0 Å². The van der Waals surface area contributed by atoms with E-state index >= 15 is 0 Å². The molecule has 19 heavy (non-hydrogen) atoms. The van der Waals surface area contributed by atoms with Crippen molar-refractivity contribution < 1.29 is 0 Å². The van der Waals surface area contributed by atoms with Gasteiger partial charge in [0.05, 0.1) is 0 Å². The van der Waals surface area contributed by atoms with Crippen LogP contribution in [0.4, 0.5) is 0 Å². The number of fused-ring (bicyclic) bond motifs is 2. The minimum atomic E-state index is 0.591. The van der Waals surface area contributed by atoms with E-state index in [4.69, 9.17) is 12.2 Å². The number of rotatable bonds is 2. The van der Waals surface area contributed by atoms with Gasteiger partial charge in [-0.05, 0) is 57.8 Å². The van der Waals surface area contributed by atoms with Gasteiger partial charge in [0, 0.05) is 24.2 Å². The van der Waals surface area contributed by atoms with Crippen LogP contribution in [0.2, 0.25) is 0 Å². The van der Waals surface area contributed by atoms with Crippen LogP contribution in [0.1, 0.15) is 57.8 Å². The fourth-order valence-electron chi connectivity index (χ4n) is 4.22. The van der Waals surface area contributed by atoms with Crippen molar-refractivity contribution >= 4 is 17.3 Å². The molecule has 1 saturated carbocycles. The first-order valence-electron chi connectivity index (χ1n) is 8.01. The molecule has 0 aromatic heterocycles. The van der Waals surface area contributed by atoms with E-state index in [0.29, 0.717) is 12.1 Å². The second-order valence-corrected chi connectivity index (χ2v) is 7.08. The highest BCUT2D eigenvalue weighted by Gasteiger charge is 2.36. The van der Waals surface area contributed by atoms with Crippen molar-refractivity contribution in [2.45, 2.75) is 82.0 Å². The lowest BCUT2D eigenvalue weighted by atomic mass is 9.82. The molecule has 3 rings (SSSR count). The molecule has 2 unspecified atom stereocenters. The third-order valence-electron chi connectivity index (χ3n) is 5.37. The number of thiocarbonyl (C=S) groups is 1. The topological polar surface area (TPSA) is 27.3 Å². The number of nitrogens with zero attached hydrogens (tertiary/aromatic N) is 1. The van der Waals surface area contributed by atoms with Gasteiger partial charge in [-0.1, -0.05) is 19.3 Å². The summed E-state index contributed by atoms with van der Waals surface area (Å²) in [5.41, 5.74) is 0. The van der Waals surface area contributed by atoms with Crippen LogP contribution in [0.3, 0.4) is 0 Å². The molecule has 3 aliphatic rings. The third-order valence-corrected chi connectivity index (χ3v) is 5.60. The van der Waals surface area contributed by atoms with E-state index in [2.05, 4.69) is 22.6 Å². The van der Waals surface area contributed by atoms with E-state index < -0.39 is 0 Å². The maximum atomic E-state index is 5.50. The summed E-state index contributed by atoms with van der Waals surface area (Å²) in [6, 6.07) is 2.78.